The molecular formula is C14H19N3O3S. The molecule has 0 bridgehead atoms. The van der Waals surface area contributed by atoms with E-state index in [-0.39, 0.29) is 6.04 Å². The van der Waals surface area contributed by atoms with Crippen LogP contribution in [0.3, 0.4) is 0 Å². The highest BCUT2D eigenvalue weighted by molar-refractivity contribution is 7.90. The molecule has 1 atom stereocenters. The van der Waals surface area contributed by atoms with Gasteiger partial charge in [0.15, 0.2) is 15.7 Å². The largest absolute Gasteiger partial charge is 0.339 e. The van der Waals surface area contributed by atoms with E-state index in [1.165, 1.54) is 6.26 Å². The summed E-state index contributed by atoms with van der Waals surface area (Å²) < 4.78 is 27.8. The van der Waals surface area contributed by atoms with Crippen LogP contribution in [0.25, 0.3) is 0 Å². The van der Waals surface area contributed by atoms with Gasteiger partial charge in [0.2, 0.25) is 5.89 Å². The summed E-state index contributed by atoms with van der Waals surface area (Å²) in [5, 5.41) is 7.07. The molecule has 0 saturated heterocycles. The molecule has 2 aromatic rings. The number of nitrogens with one attached hydrogen (secondary N) is 1. The summed E-state index contributed by atoms with van der Waals surface area (Å²) >= 11 is 0. The molecule has 0 amide bonds. The van der Waals surface area contributed by atoms with Crippen LogP contribution in [0, 0.1) is 6.92 Å². The van der Waals surface area contributed by atoms with E-state index in [0.29, 0.717) is 29.6 Å². The molecule has 0 spiro atoms. The highest BCUT2D eigenvalue weighted by atomic mass is 32.2. The van der Waals surface area contributed by atoms with Gasteiger partial charge in [0.1, 0.15) is 0 Å². The minimum absolute atomic E-state index is 0.114. The lowest BCUT2D eigenvalue weighted by Crippen LogP contribution is -2.21. The Labute approximate surface area is 124 Å². The van der Waals surface area contributed by atoms with Crippen LogP contribution in [0.15, 0.2) is 33.7 Å². The van der Waals surface area contributed by atoms with Crippen molar-refractivity contribution in [1.29, 1.82) is 0 Å². The average molecular weight is 309 g/mol. The van der Waals surface area contributed by atoms with E-state index in [0.717, 1.165) is 5.56 Å². The molecule has 6 nitrogen and oxygen atoms in total. The summed E-state index contributed by atoms with van der Waals surface area (Å²) in [5.74, 6) is 1.24. The maximum absolute atomic E-state index is 11.4. The first-order valence-electron chi connectivity index (χ1n) is 6.69. The van der Waals surface area contributed by atoms with Gasteiger partial charge in [0.25, 0.3) is 0 Å². The molecule has 1 aromatic heterocycles. The zero-order chi connectivity index (χ0) is 15.5. The summed E-state index contributed by atoms with van der Waals surface area (Å²) in [6, 6.07) is 7.02. The predicted molar refractivity (Wildman–Crippen MR) is 78.7 cm³/mol. The molecule has 1 unspecified atom stereocenters. The Morgan fingerprint density at radius 1 is 1.29 bits per heavy atom. The van der Waals surface area contributed by atoms with Gasteiger partial charge in [-0.15, -0.1) is 0 Å². The van der Waals surface area contributed by atoms with E-state index in [2.05, 4.69) is 15.5 Å². The zero-order valence-corrected chi connectivity index (χ0v) is 13.1. The van der Waals surface area contributed by atoms with Crippen LogP contribution in [0.1, 0.15) is 30.2 Å². The lowest BCUT2D eigenvalue weighted by atomic mass is 10.1. The van der Waals surface area contributed by atoms with Gasteiger partial charge >= 0.3 is 0 Å². The fourth-order valence-corrected chi connectivity index (χ4v) is 2.59. The first-order chi connectivity index (χ1) is 9.86. The SMILES string of the molecule is Cc1noc(CCNC(C)c2ccc(S(C)(=O)=O)cc2)n1. The summed E-state index contributed by atoms with van der Waals surface area (Å²) in [5.41, 5.74) is 1.03. The van der Waals surface area contributed by atoms with Crippen molar-refractivity contribution in [3.8, 4) is 0 Å². The standard InChI is InChI=1S/C14H19N3O3S/c1-10(15-9-8-14-16-11(2)17-20-14)12-4-6-13(7-5-12)21(3,18)19/h4-7,10,15H,8-9H2,1-3H3. The van der Waals surface area contributed by atoms with Gasteiger partial charge < -0.3 is 9.84 Å². The minimum Gasteiger partial charge on any atom is -0.339 e. The quantitative estimate of drug-likeness (QED) is 0.874. The fourth-order valence-electron chi connectivity index (χ4n) is 1.96. The third-order valence-corrected chi connectivity index (χ3v) is 4.30. The summed E-state index contributed by atoms with van der Waals surface area (Å²) in [7, 11) is -3.14. The van der Waals surface area contributed by atoms with Crippen molar-refractivity contribution in [2.24, 2.45) is 0 Å². The van der Waals surface area contributed by atoms with Gasteiger partial charge in [-0.2, -0.15) is 4.98 Å². The van der Waals surface area contributed by atoms with Gasteiger partial charge in [0.05, 0.1) is 4.90 Å². The second kappa shape index (κ2) is 6.36. The van der Waals surface area contributed by atoms with Crippen molar-refractivity contribution >= 4 is 9.84 Å². The highest BCUT2D eigenvalue weighted by Crippen LogP contribution is 2.16. The minimum atomic E-state index is -3.14. The second-order valence-electron chi connectivity index (χ2n) is 5.00. The van der Waals surface area contributed by atoms with Crippen LogP contribution in [0.4, 0.5) is 0 Å². The number of aryl methyl sites for hydroxylation is 1. The van der Waals surface area contributed by atoms with E-state index >= 15 is 0 Å². The summed E-state index contributed by atoms with van der Waals surface area (Å²) in [6.45, 7) is 4.51. The van der Waals surface area contributed by atoms with Gasteiger partial charge in [-0.1, -0.05) is 17.3 Å². The predicted octanol–water partition coefficient (Wildman–Crippen LogP) is 1.67. The molecule has 0 fully saturated rings. The summed E-state index contributed by atoms with van der Waals surface area (Å²) in [6.07, 6.45) is 1.86. The van der Waals surface area contributed by atoms with E-state index in [1.807, 2.05) is 19.1 Å². The lowest BCUT2D eigenvalue weighted by Gasteiger charge is -2.13. The molecule has 1 N–H and O–H groups in total. The molecule has 1 heterocycles. The van der Waals surface area contributed by atoms with Crippen molar-refractivity contribution in [2.75, 3.05) is 12.8 Å². The van der Waals surface area contributed by atoms with Gasteiger partial charge in [-0.3, -0.25) is 0 Å². The third-order valence-electron chi connectivity index (χ3n) is 3.17. The highest BCUT2D eigenvalue weighted by Gasteiger charge is 2.10. The van der Waals surface area contributed by atoms with Crippen molar-refractivity contribution in [3.63, 3.8) is 0 Å². The van der Waals surface area contributed by atoms with Crippen molar-refractivity contribution in [1.82, 2.24) is 15.5 Å². The smallest absolute Gasteiger partial charge is 0.227 e. The number of hydrogen-bond acceptors (Lipinski definition) is 6. The van der Waals surface area contributed by atoms with Crippen LogP contribution in [-0.2, 0) is 16.3 Å². The molecule has 2 rings (SSSR count). The maximum atomic E-state index is 11.4. The van der Waals surface area contributed by atoms with E-state index in [9.17, 15) is 8.42 Å². The molecule has 7 heteroatoms. The number of aromatic nitrogens is 2. The van der Waals surface area contributed by atoms with Gasteiger partial charge in [0, 0.05) is 25.3 Å². The Bertz CT molecular complexity index is 693. The molecular weight excluding hydrogens is 290 g/mol. The van der Waals surface area contributed by atoms with E-state index in [1.54, 1.807) is 19.1 Å². The van der Waals surface area contributed by atoms with Crippen LogP contribution in [-0.4, -0.2) is 31.4 Å². The number of nitrogens with zero attached hydrogens (tertiary/aromatic N) is 2. The lowest BCUT2D eigenvalue weighted by molar-refractivity contribution is 0.370. The number of benzene rings is 1. The van der Waals surface area contributed by atoms with Crippen LogP contribution in [0.5, 0.6) is 0 Å². The molecule has 0 saturated carbocycles. The normalized spacial score (nSPS) is 13.3. The molecule has 0 aliphatic rings. The Morgan fingerprint density at radius 3 is 2.48 bits per heavy atom. The monoisotopic (exact) mass is 309 g/mol. The zero-order valence-electron chi connectivity index (χ0n) is 12.3. The second-order valence-corrected chi connectivity index (χ2v) is 7.02. The van der Waals surface area contributed by atoms with Gasteiger partial charge in [-0.05, 0) is 31.5 Å². The van der Waals surface area contributed by atoms with Gasteiger partial charge in [-0.25, -0.2) is 8.42 Å². The average Bonchev–Trinajstić information content (AvgIpc) is 2.83. The topological polar surface area (TPSA) is 85.1 Å². The first-order valence-corrected chi connectivity index (χ1v) is 8.58. The number of hydrogen-bond donors (Lipinski definition) is 1. The Kier molecular flexibility index (Phi) is 4.74. The Balaban J connectivity index is 1.89. The summed E-state index contributed by atoms with van der Waals surface area (Å²) in [4.78, 5) is 4.47. The molecule has 1 aromatic carbocycles. The molecule has 0 aliphatic carbocycles. The molecule has 114 valence electrons. The molecule has 0 radical (unpaired) electrons. The van der Waals surface area contributed by atoms with Crippen LogP contribution in [0.2, 0.25) is 0 Å². The number of sulfone groups is 1. The van der Waals surface area contributed by atoms with Crippen molar-refractivity contribution in [3.05, 3.63) is 41.5 Å². The van der Waals surface area contributed by atoms with Crippen molar-refractivity contribution in [2.45, 2.75) is 31.2 Å². The first kappa shape index (κ1) is 15.7. The van der Waals surface area contributed by atoms with Crippen LogP contribution < -0.4 is 5.32 Å². The van der Waals surface area contributed by atoms with E-state index < -0.39 is 9.84 Å². The Morgan fingerprint density at radius 2 is 1.95 bits per heavy atom. The van der Waals surface area contributed by atoms with Crippen molar-refractivity contribution < 1.29 is 12.9 Å². The van der Waals surface area contributed by atoms with E-state index in [4.69, 9.17) is 4.52 Å². The molecule has 21 heavy (non-hydrogen) atoms. The van der Waals surface area contributed by atoms with Crippen LogP contribution >= 0.6 is 0 Å². The third kappa shape index (κ3) is 4.37. The maximum Gasteiger partial charge on any atom is 0.227 e. The number of rotatable bonds is 6. The molecule has 0 aliphatic heterocycles. The fraction of sp³-hybridized carbons (Fsp3) is 0.429. The Hall–Kier alpha value is -1.73.